The highest BCUT2D eigenvalue weighted by Gasteiger charge is 2.36. The van der Waals surface area contributed by atoms with Crippen molar-refractivity contribution in [2.45, 2.75) is 37.8 Å². The topological polar surface area (TPSA) is 74.3 Å². The molecule has 2 N–H and O–H groups in total. The van der Waals surface area contributed by atoms with Crippen LogP contribution in [-0.2, 0) is 23.7 Å². The standard InChI is InChI=1S/C24H20F6N4O2S/c25-23(26,27)15-5-1-4-14(10-15)12-31-20(35)19-8-3-9-34(19)21(36)18-13-37-22(33-18)32-17-7-2-6-16(11-17)24(28,29)30/h1-2,4-7,10-11,13,19H,3,8-9,12H2,(H,31,35)(H,32,33). The van der Waals surface area contributed by atoms with Crippen LogP contribution in [0.15, 0.2) is 53.9 Å². The second-order valence-electron chi connectivity index (χ2n) is 8.31. The fourth-order valence-corrected chi connectivity index (χ4v) is 4.62. The van der Waals surface area contributed by atoms with Gasteiger partial charge in [0.05, 0.1) is 11.1 Å². The largest absolute Gasteiger partial charge is 0.416 e. The smallest absolute Gasteiger partial charge is 0.350 e. The summed E-state index contributed by atoms with van der Waals surface area (Å²) < 4.78 is 77.6. The second-order valence-corrected chi connectivity index (χ2v) is 9.17. The number of carbonyl (C=O) groups is 2. The SMILES string of the molecule is O=C(NCc1cccc(C(F)(F)F)c1)C1CCCN1C(=O)c1csc(Nc2cccc(C(F)(F)F)c2)n1. The fourth-order valence-electron chi connectivity index (χ4n) is 3.92. The molecule has 2 heterocycles. The van der Waals surface area contributed by atoms with Crippen LogP contribution in [0.4, 0.5) is 37.2 Å². The van der Waals surface area contributed by atoms with Crippen LogP contribution in [0.25, 0.3) is 0 Å². The Bertz CT molecular complexity index is 1290. The summed E-state index contributed by atoms with van der Waals surface area (Å²) in [5, 5.41) is 6.98. The first-order valence-corrected chi connectivity index (χ1v) is 11.9. The van der Waals surface area contributed by atoms with Crippen LogP contribution in [0.3, 0.4) is 0 Å². The zero-order valence-corrected chi connectivity index (χ0v) is 19.8. The lowest BCUT2D eigenvalue weighted by Gasteiger charge is -2.23. The summed E-state index contributed by atoms with van der Waals surface area (Å²) in [6, 6.07) is 8.32. The predicted molar refractivity (Wildman–Crippen MR) is 124 cm³/mol. The Morgan fingerprint density at radius 2 is 1.68 bits per heavy atom. The monoisotopic (exact) mass is 542 g/mol. The molecule has 0 bridgehead atoms. The van der Waals surface area contributed by atoms with Gasteiger partial charge in [-0.25, -0.2) is 4.98 Å². The van der Waals surface area contributed by atoms with Gasteiger partial charge in [-0.2, -0.15) is 26.3 Å². The van der Waals surface area contributed by atoms with Gasteiger partial charge < -0.3 is 15.5 Å². The maximum Gasteiger partial charge on any atom is 0.416 e. The molecule has 2 amide bonds. The van der Waals surface area contributed by atoms with Gasteiger partial charge in [-0.15, -0.1) is 11.3 Å². The zero-order chi connectivity index (χ0) is 26.8. The van der Waals surface area contributed by atoms with Gasteiger partial charge in [-0.05, 0) is 48.7 Å². The minimum atomic E-state index is -4.51. The van der Waals surface area contributed by atoms with Crippen LogP contribution >= 0.6 is 11.3 Å². The van der Waals surface area contributed by atoms with Gasteiger partial charge in [0.1, 0.15) is 11.7 Å². The number of hydrogen-bond donors (Lipinski definition) is 2. The van der Waals surface area contributed by atoms with Gasteiger partial charge in [-0.3, -0.25) is 9.59 Å². The van der Waals surface area contributed by atoms with E-state index in [4.69, 9.17) is 0 Å². The number of benzene rings is 2. The number of halogens is 6. The van der Waals surface area contributed by atoms with E-state index in [1.807, 2.05) is 0 Å². The molecule has 1 fully saturated rings. The maximum absolute atomic E-state index is 13.0. The third-order valence-corrected chi connectivity index (χ3v) is 6.46. The van der Waals surface area contributed by atoms with Crippen molar-refractivity contribution in [1.29, 1.82) is 0 Å². The summed E-state index contributed by atoms with van der Waals surface area (Å²) in [4.78, 5) is 31.3. The van der Waals surface area contributed by atoms with Crippen LogP contribution in [0.5, 0.6) is 0 Å². The number of carbonyl (C=O) groups excluding carboxylic acids is 2. The van der Waals surface area contributed by atoms with Crippen LogP contribution in [-0.4, -0.2) is 34.3 Å². The lowest BCUT2D eigenvalue weighted by atomic mass is 10.1. The zero-order valence-electron chi connectivity index (χ0n) is 19.0. The number of rotatable bonds is 6. The van der Waals surface area contributed by atoms with Crippen molar-refractivity contribution in [1.82, 2.24) is 15.2 Å². The molecule has 6 nitrogen and oxygen atoms in total. The first-order valence-electron chi connectivity index (χ1n) is 11.1. The van der Waals surface area contributed by atoms with Gasteiger partial charge in [-0.1, -0.05) is 18.2 Å². The average Bonchev–Trinajstić information content (AvgIpc) is 3.52. The van der Waals surface area contributed by atoms with Crippen molar-refractivity contribution in [2.24, 2.45) is 0 Å². The summed E-state index contributed by atoms with van der Waals surface area (Å²) in [5.41, 5.74) is -1.21. The number of nitrogens with zero attached hydrogens (tertiary/aromatic N) is 2. The molecule has 1 unspecified atom stereocenters. The molecule has 196 valence electrons. The van der Waals surface area contributed by atoms with E-state index in [-0.39, 0.29) is 35.2 Å². The normalized spacial score (nSPS) is 16.1. The molecule has 2 aromatic carbocycles. The van der Waals surface area contributed by atoms with Gasteiger partial charge in [0.2, 0.25) is 5.91 Å². The molecule has 1 aliphatic heterocycles. The minimum Gasteiger partial charge on any atom is -0.350 e. The molecular weight excluding hydrogens is 522 g/mol. The van der Waals surface area contributed by atoms with Gasteiger partial charge in [0.15, 0.2) is 5.13 Å². The number of likely N-dealkylation sites (tertiary alicyclic amines) is 1. The maximum atomic E-state index is 13.0. The summed E-state index contributed by atoms with van der Waals surface area (Å²) >= 11 is 1.02. The molecule has 3 aromatic rings. The van der Waals surface area contributed by atoms with Gasteiger partial charge in [0, 0.05) is 24.2 Å². The minimum absolute atomic E-state index is 0.0251. The molecule has 13 heteroatoms. The third-order valence-electron chi connectivity index (χ3n) is 5.70. The Hall–Kier alpha value is -3.61. The van der Waals surface area contributed by atoms with Gasteiger partial charge >= 0.3 is 12.4 Å². The molecule has 1 aliphatic rings. The molecule has 1 aromatic heterocycles. The van der Waals surface area contributed by atoms with Crippen molar-refractivity contribution >= 4 is 34.0 Å². The number of amides is 2. The van der Waals surface area contributed by atoms with E-state index >= 15 is 0 Å². The molecule has 0 radical (unpaired) electrons. The highest BCUT2D eigenvalue weighted by molar-refractivity contribution is 7.14. The van der Waals surface area contributed by atoms with E-state index < -0.39 is 41.3 Å². The van der Waals surface area contributed by atoms with Crippen LogP contribution in [0.1, 0.15) is 40.0 Å². The Kier molecular flexibility index (Phi) is 7.44. The molecule has 0 saturated carbocycles. The van der Waals surface area contributed by atoms with Crippen molar-refractivity contribution in [3.05, 3.63) is 76.3 Å². The fraction of sp³-hybridized carbons (Fsp3) is 0.292. The number of aromatic nitrogens is 1. The molecule has 0 aliphatic carbocycles. The number of hydrogen-bond acceptors (Lipinski definition) is 5. The Morgan fingerprint density at radius 3 is 2.38 bits per heavy atom. The Labute approximate surface area is 211 Å². The van der Waals surface area contributed by atoms with Crippen molar-refractivity contribution in [3.63, 3.8) is 0 Å². The molecule has 37 heavy (non-hydrogen) atoms. The van der Waals surface area contributed by atoms with Crippen LogP contribution < -0.4 is 10.6 Å². The summed E-state index contributed by atoms with van der Waals surface area (Å²) in [6.45, 7) is 0.150. The van der Waals surface area contributed by atoms with Crippen molar-refractivity contribution < 1.29 is 35.9 Å². The molecular formula is C24H20F6N4O2S. The third kappa shape index (κ3) is 6.40. The first kappa shape index (κ1) is 26.5. The Balaban J connectivity index is 1.39. The quantitative estimate of drug-likeness (QED) is 0.384. The van der Waals surface area contributed by atoms with Crippen molar-refractivity contribution in [2.75, 3.05) is 11.9 Å². The van der Waals surface area contributed by atoms with E-state index in [1.54, 1.807) is 0 Å². The van der Waals surface area contributed by atoms with Crippen LogP contribution in [0, 0.1) is 0 Å². The average molecular weight is 543 g/mol. The predicted octanol–water partition coefficient (Wildman–Crippen LogP) is 5.85. The summed E-state index contributed by atoms with van der Waals surface area (Å²) in [7, 11) is 0. The second kappa shape index (κ2) is 10.4. The number of anilines is 2. The molecule has 0 spiro atoms. The summed E-state index contributed by atoms with van der Waals surface area (Å²) in [5.74, 6) is -1.02. The number of nitrogens with one attached hydrogen (secondary N) is 2. The van der Waals surface area contributed by atoms with Crippen molar-refractivity contribution in [3.8, 4) is 0 Å². The highest BCUT2D eigenvalue weighted by atomic mass is 32.1. The first-order chi connectivity index (χ1) is 17.4. The Morgan fingerprint density at radius 1 is 1.00 bits per heavy atom. The molecule has 1 atom stereocenters. The van der Waals surface area contributed by atoms with E-state index in [0.29, 0.717) is 12.8 Å². The van der Waals surface area contributed by atoms with E-state index in [0.717, 1.165) is 35.6 Å². The van der Waals surface area contributed by atoms with Gasteiger partial charge in [0.25, 0.3) is 5.91 Å². The highest BCUT2D eigenvalue weighted by Crippen LogP contribution is 2.32. The van der Waals surface area contributed by atoms with E-state index in [1.165, 1.54) is 34.5 Å². The molecule has 4 rings (SSSR count). The lowest BCUT2D eigenvalue weighted by Crippen LogP contribution is -2.45. The van der Waals surface area contributed by atoms with E-state index in [9.17, 15) is 35.9 Å². The number of alkyl halides is 6. The van der Waals surface area contributed by atoms with E-state index in [2.05, 4.69) is 15.6 Å². The summed E-state index contributed by atoms with van der Waals surface area (Å²) in [6.07, 6.45) is -8.09. The van der Waals surface area contributed by atoms with Crippen LogP contribution in [0.2, 0.25) is 0 Å². The molecule has 1 saturated heterocycles. The number of thiazole rings is 1. The lowest BCUT2D eigenvalue weighted by molar-refractivity contribution is -0.138.